The summed E-state index contributed by atoms with van der Waals surface area (Å²) in [5, 5.41) is 11.6. The van der Waals surface area contributed by atoms with E-state index in [0.717, 1.165) is 18.5 Å². The average Bonchev–Trinajstić information content (AvgIpc) is 3.38. The number of nitrogens with zero attached hydrogens (tertiary/aromatic N) is 3. The number of ether oxygens (including phenoxy) is 1. The Balaban J connectivity index is 1.49. The molecule has 1 N–H and O–H groups in total. The highest BCUT2D eigenvalue weighted by Crippen LogP contribution is 2.39. The number of aromatic nitrogens is 1. The molecule has 5 rings (SSSR count). The van der Waals surface area contributed by atoms with E-state index in [1.807, 2.05) is 18.2 Å². The first-order chi connectivity index (χ1) is 15.6. The summed E-state index contributed by atoms with van der Waals surface area (Å²) in [6.07, 6.45) is 3.22. The van der Waals surface area contributed by atoms with E-state index in [1.54, 1.807) is 41.6 Å². The molecular formula is C24H23N3O5. The van der Waals surface area contributed by atoms with Crippen LogP contribution in [0.15, 0.2) is 70.6 Å². The molecule has 0 aliphatic carbocycles. The number of para-hydroxylation sites is 1. The van der Waals surface area contributed by atoms with Gasteiger partial charge in [0.05, 0.1) is 24.8 Å². The second kappa shape index (κ2) is 8.57. The molecule has 0 radical (unpaired) electrons. The molecule has 1 saturated heterocycles. The number of hydrogen-bond acceptors (Lipinski definition) is 7. The Morgan fingerprint density at radius 1 is 1.09 bits per heavy atom. The average molecular weight is 433 g/mol. The van der Waals surface area contributed by atoms with Crippen LogP contribution >= 0.6 is 0 Å². The van der Waals surface area contributed by atoms with Crippen molar-refractivity contribution in [2.75, 3.05) is 39.4 Å². The molecule has 3 aromatic rings. The van der Waals surface area contributed by atoms with Gasteiger partial charge in [-0.15, -0.1) is 0 Å². The Bertz CT molecular complexity index is 1150. The van der Waals surface area contributed by atoms with Crippen LogP contribution in [0.1, 0.15) is 22.2 Å². The zero-order chi connectivity index (χ0) is 22.1. The minimum absolute atomic E-state index is 0.0298. The van der Waals surface area contributed by atoms with Crippen molar-refractivity contribution in [3.63, 3.8) is 0 Å². The molecule has 1 aromatic carbocycles. The minimum Gasteiger partial charge on any atom is -0.503 e. The van der Waals surface area contributed by atoms with Crippen molar-refractivity contribution in [3.8, 4) is 0 Å². The molecule has 0 saturated carbocycles. The number of carbonyl (C=O) groups excluding carboxylic acids is 2. The summed E-state index contributed by atoms with van der Waals surface area (Å²) in [4.78, 5) is 34.3. The van der Waals surface area contributed by atoms with Crippen LogP contribution in [0.4, 0.5) is 0 Å². The van der Waals surface area contributed by atoms with E-state index in [0.29, 0.717) is 37.4 Å². The SMILES string of the molecule is O=C(C1=C(O)C(=O)N(CCN2CCOCC2)[C@H]1c1ccncc1)c1cc2ccccc2o1. The molecular weight excluding hydrogens is 410 g/mol. The van der Waals surface area contributed by atoms with Crippen LogP contribution in [0.2, 0.25) is 0 Å². The van der Waals surface area contributed by atoms with E-state index < -0.39 is 23.5 Å². The highest BCUT2D eigenvalue weighted by Gasteiger charge is 2.44. The Morgan fingerprint density at radius 2 is 1.84 bits per heavy atom. The van der Waals surface area contributed by atoms with Crippen molar-refractivity contribution < 1.29 is 23.8 Å². The van der Waals surface area contributed by atoms with Gasteiger partial charge in [-0.1, -0.05) is 18.2 Å². The molecule has 1 amide bonds. The van der Waals surface area contributed by atoms with Crippen LogP contribution in [0.3, 0.4) is 0 Å². The standard InChI is InChI=1S/C24H23N3O5/c28-22(19-15-17-3-1-2-4-18(17)32-19)20-21(16-5-7-25-8-6-16)27(24(30)23(20)29)10-9-26-11-13-31-14-12-26/h1-8,15,21,29H,9-14H2/t21-/m0/s1. The van der Waals surface area contributed by atoms with Crippen LogP contribution in [0.5, 0.6) is 0 Å². The molecule has 8 heteroatoms. The van der Waals surface area contributed by atoms with Crippen LogP contribution in [0, 0.1) is 0 Å². The summed E-state index contributed by atoms with van der Waals surface area (Å²) in [6, 6.07) is 11.7. The van der Waals surface area contributed by atoms with Crippen molar-refractivity contribution in [3.05, 3.63) is 77.5 Å². The zero-order valence-corrected chi connectivity index (χ0v) is 17.4. The topological polar surface area (TPSA) is 96.1 Å². The van der Waals surface area contributed by atoms with E-state index in [9.17, 15) is 14.7 Å². The summed E-state index contributed by atoms with van der Waals surface area (Å²) in [7, 11) is 0. The lowest BCUT2D eigenvalue weighted by Gasteiger charge is -2.31. The third kappa shape index (κ3) is 3.68. The molecule has 1 fully saturated rings. The summed E-state index contributed by atoms with van der Waals surface area (Å²) < 4.78 is 11.1. The number of hydrogen-bond donors (Lipinski definition) is 1. The summed E-state index contributed by atoms with van der Waals surface area (Å²) >= 11 is 0. The van der Waals surface area contributed by atoms with Gasteiger partial charge >= 0.3 is 0 Å². The van der Waals surface area contributed by atoms with Crippen LogP contribution in [-0.2, 0) is 9.53 Å². The number of aliphatic hydroxyl groups is 1. The number of pyridine rings is 1. The Morgan fingerprint density at radius 3 is 2.59 bits per heavy atom. The largest absolute Gasteiger partial charge is 0.503 e. The molecule has 2 aliphatic rings. The van der Waals surface area contributed by atoms with Gasteiger partial charge in [-0.05, 0) is 29.8 Å². The van der Waals surface area contributed by atoms with Gasteiger partial charge in [-0.2, -0.15) is 0 Å². The fraction of sp³-hybridized carbons (Fsp3) is 0.292. The molecule has 2 aromatic heterocycles. The molecule has 164 valence electrons. The van der Waals surface area contributed by atoms with Crippen LogP contribution in [-0.4, -0.2) is 71.0 Å². The van der Waals surface area contributed by atoms with Crippen molar-refractivity contribution in [1.29, 1.82) is 0 Å². The Hall–Kier alpha value is -3.49. The first-order valence-electron chi connectivity index (χ1n) is 10.6. The van der Waals surface area contributed by atoms with Gasteiger partial charge in [-0.25, -0.2) is 0 Å². The van der Waals surface area contributed by atoms with Crippen LogP contribution in [0.25, 0.3) is 11.0 Å². The van der Waals surface area contributed by atoms with Crippen LogP contribution < -0.4 is 0 Å². The van der Waals surface area contributed by atoms with Crippen molar-refractivity contribution in [2.45, 2.75) is 6.04 Å². The maximum Gasteiger partial charge on any atom is 0.290 e. The smallest absolute Gasteiger partial charge is 0.290 e. The normalized spacial score (nSPS) is 19.8. The zero-order valence-electron chi connectivity index (χ0n) is 17.4. The summed E-state index contributed by atoms with van der Waals surface area (Å²) in [6.45, 7) is 3.86. The second-order valence-electron chi connectivity index (χ2n) is 7.88. The lowest BCUT2D eigenvalue weighted by molar-refractivity contribution is -0.129. The van der Waals surface area contributed by atoms with E-state index in [1.165, 1.54) is 0 Å². The number of ketones is 1. The molecule has 0 unspecified atom stereocenters. The van der Waals surface area contributed by atoms with Crippen molar-refractivity contribution in [2.24, 2.45) is 0 Å². The number of benzene rings is 1. The number of Topliss-reactive ketones (excluding diaryl/α,β-unsaturated/α-hetero) is 1. The van der Waals surface area contributed by atoms with Gasteiger partial charge in [-0.3, -0.25) is 19.5 Å². The van der Waals surface area contributed by atoms with Gasteiger partial charge in [0, 0.05) is 44.0 Å². The first-order valence-corrected chi connectivity index (χ1v) is 10.6. The van der Waals surface area contributed by atoms with Crippen molar-refractivity contribution in [1.82, 2.24) is 14.8 Å². The van der Waals surface area contributed by atoms with E-state index in [2.05, 4.69) is 9.88 Å². The summed E-state index contributed by atoms with van der Waals surface area (Å²) in [5.41, 5.74) is 1.31. The molecule has 0 spiro atoms. The first kappa shape index (κ1) is 20.4. The van der Waals surface area contributed by atoms with E-state index in [4.69, 9.17) is 9.15 Å². The lowest BCUT2D eigenvalue weighted by atomic mass is 9.95. The van der Waals surface area contributed by atoms with E-state index in [-0.39, 0.29) is 11.3 Å². The number of rotatable bonds is 6. The number of amides is 1. The van der Waals surface area contributed by atoms with E-state index >= 15 is 0 Å². The molecule has 32 heavy (non-hydrogen) atoms. The second-order valence-corrected chi connectivity index (χ2v) is 7.88. The summed E-state index contributed by atoms with van der Waals surface area (Å²) in [5.74, 6) is -1.49. The molecule has 4 heterocycles. The van der Waals surface area contributed by atoms with Gasteiger partial charge in [0.15, 0.2) is 11.5 Å². The van der Waals surface area contributed by atoms with Gasteiger partial charge in [0.2, 0.25) is 5.78 Å². The quantitative estimate of drug-likeness (QED) is 0.597. The molecule has 2 aliphatic heterocycles. The number of furan rings is 1. The predicted molar refractivity (Wildman–Crippen MR) is 116 cm³/mol. The maximum atomic E-state index is 13.5. The Kier molecular flexibility index (Phi) is 5.46. The highest BCUT2D eigenvalue weighted by molar-refractivity contribution is 6.16. The number of carbonyl (C=O) groups is 2. The minimum atomic E-state index is -0.716. The maximum absolute atomic E-state index is 13.5. The molecule has 1 atom stereocenters. The Labute approximate surface area is 184 Å². The lowest BCUT2D eigenvalue weighted by Crippen LogP contribution is -2.43. The third-order valence-corrected chi connectivity index (χ3v) is 5.98. The highest BCUT2D eigenvalue weighted by atomic mass is 16.5. The van der Waals surface area contributed by atoms with Gasteiger partial charge in [0.25, 0.3) is 5.91 Å². The molecule has 8 nitrogen and oxygen atoms in total. The third-order valence-electron chi connectivity index (χ3n) is 5.98. The molecule has 0 bridgehead atoms. The monoisotopic (exact) mass is 433 g/mol. The van der Waals surface area contributed by atoms with Gasteiger partial charge < -0.3 is 19.2 Å². The van der Waals surface area contributed by atoms with Crippen molar-refractivity contribution >= 4 is 22.7 Å². The number of morpholine rings is 1. The predicted octanol–water partition coefficient (Wildman–Crippen LogP) is 2.74. The fourth-order valence-electron chi connectivity index (χ4n) is 4.31. The number of aliphatic hydroxyl groups excluding tert-OH is 1. The fourth-order valence-corrected chi connectivity index (χ4v) is 4.31. The van der Waals surface area contributed by atoms with Gasteiger partial charge in [0.1, 0.15) is 5.58 Å². The number of fused-ring (bicyclic) bond motifs is 1.